The lowest BCUT2D eigenvalue weighted by Gasteiger charge is -2.19. The first-order chi connectivity index (χ1) is 12.8. The van der Waals surface area contributed by atoms with Gasteiger partial charge in [-0.25, -0.2) is 4.39 Å². The molecule has 0 saturated heterocycles. The molecule has 0 fully saturated rings. The van der Waals surface area contributed by atoms with Crippen molar-refractivity contribution in [2.75, 3.05) is 6.61 Å². The van der Waals surface area contributed by atoms with E-state index in [0.717, 1.165) is 5.75 Å². The molecular formula is C21H25FN2O3. The zero-order chi connectivity index (χ0) is 19.9. The van der Waals surface area contributed by atoms with Gasteiger partial charge in [0.2, 0.25) is 5.91 Å². The molecular weight excluding hydrogens is 347 g/mol. The summed E-state index contributed by atoms with van der Waals surface area (Å²) in [5.41, 5.74) is 5.65. The second-order valence-electron chi connectivity index (χ2n) is 7.21. The van der Waals surface area contributed by atoms with Crippen molar-refractivity contribution >= 4 is 11.8 Å². The SMILES string of the molecule is CC(C)(C)c1ccc(OCCCC(=O)NNC(=O)c2ccccc2F)cc1. The molecule has 0 saturated carbocycles. The van der Waals surface area contributed by atoms with Gasteiger partial charge in [0.05, 0.1) is 12.2 Å². The summed E-state index contributed by atoms with van der Waals surface area (Å²) in [6.45, 7) is 6.81. The number of carbonyl (C=O) groups excluding carboxylic acids is 2. The molecule has 0 atom stereocenters. The highest BCUT2D eigenvalue weighted by atomic mass is 19.1. The minimum absolute atomic E-state index is 0.0870. The van der Waals surface area contributed by atoms with Crippen molar-refractivity contribution in [2.45, 2.75) is 39.0 Å². The van der Waals surface area contributed by atoms with Crippen LogP contribution in [0.25, 0.3) is 0 Å². The summed E-state index contributed by atoms with van der Waals surface area (Å²) in [4.78, 5) is 23.5. The fourth-order valence-electron chi connectivity index (χ4n) is 2.38. The van der Waals surface area contributed by atoms with Crippen LogP contribution in [0.5, 0.6) is 5.75 Å². The van der Waals surface area contributed by atoms with Gasteiger partial charge in [0.1, 0.15) is 11.6 Å². The molecule has 0 aliphatic rings. The van der Waals surface area contributed by atoms with Gasteiger partial charge in [-0.2, -0.15) is 0 Å². The molecule has 0 aliphatic heterocycles. The molecule has 0 spiro atoms. The van der Waals surface area contributed by atoms with E-state index in [1.807, 2.05) is 24.3 Å². The van der Waals surface area contributed by atoms with Crippen LogP contribution in [-0.4, -0.2) is 18.4 Å². The number of hydrazine groups is 1. The molecule has 6 heteroatoms. The molecule has 144 valence electrons. The Hall–Kier alpha value is -2.89. The summed E-state index contributed by atoms with van der Waals surface area (Å²) in [7, 11) is 0. The molecule has 2 amide bonds. The number of halogens is 1. The number of hydrogen-bond acceptors (Lipinski definition) is 3. The summed E-state index contributed by atoms with van der Waals surface area (Å²) in [6.07, 6.45) is 0.667. The summed E-state index contributed by atoms with van der Waals surface area (Å²) in [6, 6.07) is 13.4. The van der Waals surface area contributed by atoms with Crippen molar-refractivity contribution in [3.05, 3.63) is 65.5 Å². The van der Waals surface area contributed by atoms with E-state index in [9.17, 15) is 14.0 Å². The zero-order valence-corrected chi connectivity index (χ0v) is 15.8. The van der Waals surface area contributed by atoms with Crippen molar-refractivity contribution in [1.82, 2.24) is 10.9 Å². The standard InChI is InChI=1S/C21H25FN2O3/c1-21(2,3)15-10-12-16(13-11-15)27-14-6-9-19(25)23-24-20(26)17-7-4-5-8-18(17)22/h4-5,7-8,10-13H,6,9,14H2,1-3H3,(H,23,25)(H,24,26). The van der Waals surface area contributed by atoms with E-state index in [2.05, 4.69) is 31.6 Å². The third-order valence-corrected chi connectivity index (χ3v) is 3.97. The number of hydrogen-bond donors (Lipinski definition) is 2. The Kier molecular flexibility index (Phi) is 6.93. The van der Waals surface area contributed by atoms with E-state index in [1.54, 1.807) is 6.07 Å². The van der Waals surface area contributed by atoms with Crippen LogP contribution >= 0.6 is 0 Å². The van der Waals surface area contributed by atoms with Gasteiger partial charge in [-0.15, -0.1) is 0 Å². The Labute approximate surface area is 158 Å². The predicted octanol–water partition coefficient (Wildman–Crippen LogP) is 3.74. The first kappa shape index (κ1) is 20.4. The molecule has 0 radical (unpaired) electrons. The maximum Gasteiger partial charge on any atom is 0.272 e. The van der Waals surface area contributed by atoms with Gasteiger partial charge < -0.3 is 4.74 Å². The highest BCUT2D eigenvalue weighted by molar-refractivity contribution is 5.95. The number of carbonyl (C=O) groups is 2. The lowest BCUT2D eigenvalue weighted by Crippen LogP contribution is -2.41. The van der Waals surface area contributed by atoms with Crippen LogP contribution in [0, 0.1) is 5.82 Å². The van der Waals surface area contributed by atoms with E-state index >= 15 is 0 Å². The predicted molar refractivity (Wildman–Crippen MR) is 102 cm³/mol. The largest absolute Gasteiger partial charge is 0.494 e. The normalized spacial score (nSPS) is 11.0. The summed E-state index contributed by atoms with van der Waals surface area (Å²) in [5, 5.41) is 0. The third-order valence-electron chi connectivity index (χ3n) is 3.97. The van der Waals surface area contributed by atoms with E-state index in [4.69, 9.17) is 4.74 Å². The van der Waals surface area contributed by atoms with Crippen LogP contribution in [0.4, 0.5) is 4.39 Å². The van der Waals surface area contributed by atoms with Gasteiger partial charge in [-0.3, -0.25) is 20.4 Å². The van der Waals surface area contributed by atoms with Crippen LogP contribution in [0.1, 0.15) is 49.5 Å². The zero-order valence-electron chi connectivity index (χ0n) is 15.8. The van der Waals surface area contributed by atoms with Crippen molar-refractivity contribution in [3.8, 4) is 5.75 Å². The van der Waals surface area contributed by atoms with Crippen LogP contribution in [-0.2, 0) is 10.2 Å². The van der Waals surface area contributed by atoms with Crippen molar-refractivity contribution in [1.29, 1.82) is 0 Å². The molecule has 27 heavy (non-hydrogen) atoms. The summed E-state index contributed by atoms with van der Waals surface area (Å²) >= 11 is 0. The van der Waals surface area contributed by atoms with Crippen molar-refractivity contribution in [2.24, 2.45) is 0 Å². The molecule has 2 aromatic rings. The first-order valence-electron chi connectivity index (χ1n) is 8.84. The minimum Gasteiger partial charge on any atom is -0.494 e. The lowest BCUT2D eigenvalue weighted by molar-refractivity contribution is -0.122. The van der Waals surface area contributed by atoms with Crippen LogP contribution in [0.2, 0.25) is 0 Å². The molecule has 2 rings (SSSR count). The molecule has 2 aromatic carbocycles. The van der Waals surface area contributed by atoms with Gasteiger partial charge >= 0.3 is 0 Å². The highest BCUT2D eigenvalue weighted by Crippen LogP contribution is 2.24. The first-order valence-corrected chi connectivity index (χ1v) is 8.84. The fraction of sp³-hybridized carbons (Fsp3) is 0.333. The molecule has 0 bridgehead atoms. The van der Waals surface area contributed by atoms with Gasteiger partial charge in [-0.05, 0) is 41.7 Å². The van der Waals surface area contributed by atoms with Gasteiger partial charge in [0.15, 0.2) is 0 Å². The van der Waals surface area contributed by atoms with Crippen molar-refractivity contribution < 1.29 is 18.7 Å². The summed E-state index contributed by atoms with van der Waals surface area (Å²) < 4.78 is 19.1. The van der Waals surface area contributed by atoms with Crippen LogP contribution in [0.3, 0.4) is 0 Å². The number of amides is 2. The topological polar surface area (TPSA) is 67.4 Å². The van der Waals surface area contributed by atoms with Gasteiger partial charge in [0.25, 0.3) is 5.91 Å². The Morgan fingerprint density at radius 1 is 1.00 bits per heavy atom. The summed E-state index contributed by atoms with van der Waals surface area (Å²) in [5.74, 6) is -0.964. The fourth-order valence-corrected chi connectivity index (χ4v) is 2.38. The quantitative estimate of drug-likeness (QED) is 0.600. The lowest BCUT2D eigenvalue weighted by atomic mass is 9.87. The highest BCUT2D eigenvalue weighted by Gasteiger charge is 2.13. The minimum atomic E-state index is -0.698. The Morgan fingerprint density at radius 3 is 2.30 bits per heavy atom. The second kappa shape index (κ2) is 9.16. The van der Waals surface area contributed by atoms with Crippen LogP contribution in [0.15, 0.2) is 48.5 Å². The molecule has 0 unspecified atom stereocenters. The monoisotopic (exact) mass is 372 g/mol. The Balaban J connectivity index is 1.67. The smallest absolute Gasteiger partial charge is 0.272 e. The third kappa shape index (κ3) is 6.40. The van der Waals surface area contributed by atoms with E-state index in [-0.39, 0.29) is 23.3 Å². The van der Waals surface area contributed by atoms with Gasteiger partial charge in [-0.1, -0.05) is 45.0 Å². The van der Waals surface area contributed by atoms with E-state index < -0.39 is 11.7 Å². The number of benzene rings is 2. The molecule has 0 aromatic heterocycles. The average molecular weight is 372 g/mol. The maximum absolute atomic E-state index is 13.5. The number of rotatable bonds is 6. The van der Waals surface area contributed by atoms with Crippen LogP contribution < -0.4 is 15.6 Å². The average Bonchev–Trinajstić information content (AvgIpc) is 2.63. The molecule has 5 nitrogen and oxygen atoms in total. The van der Waals surface area contributed by atoms with E-state index in [1.165, 1.54) is 23.8 Å². The number of nitrogens with one attached hydrogen (secondary N) is 2. The van der Waals surface area contributed by atoms with Gasteiger partial charge in [0, 0.05) is 6.42 Å². The maximum atomic E-state index is 13.5. The van der Waals surface area contributed by atoms with E-state index in [0.29, 0.717) is 13.0 Å². The Morgan fingerprint density at radius 2 is 1.67 bits per heavy atom. The molecule has 0 aliphatic carbocycles. The second-order valence-corrected chi connectivity index (χ2v) is 7.21. The number of ether oxygens (including phenoxy) is 1. The molecule has 2 N–H and O–H groups in total. The molecule has 0 heterocycles. The van der Waals surface area contributed by atoms with Crippen molar-refractivity contribution in [3.63, 3.8) is 0 Å². The Bertz CT molecular complexity index is 783.